The zero-order chi connectivity index (χ0) is 9.26. The first-order valence-corrected chi connectivity index (χ1v) is 5.93. The Morgan fingerprint density at radius 3 is 2.92 bits per heavy atom. The smallest absolute Gasteiger partial charge is 0.0571 e. The SMILES string of the molecule is OC(CCc1sccc1Cl)C1CC1. The molecule has 1 heterocycles. The molecule has 1 aliphatic rings. The number of aryl methyl sites for hydroxylation is 1. The Bertz CT molecular complexity index is 280. The average molecular weight is 217 g/mol. The van der Waals surface area contributed by atoms with Crippen molar-refractivity contribution in [2.75, 3.05) is 0 Å². The predicted molar refractivity (Wildman–Crippen MR) is 56.4 cm³/mol. The second-order valence-corrected chi connectivity index (χ2v) is 5.04. The maximum absolute atomic E-state index is 9.64. The molecule has 1 nitrogen and oxygen atoms in total. The lowest BCUT2D eigenvalue weighted by molar-refractivity contribution is 0.142. The van der Waals surface area contributed by atoms with Gasteiger partial charge in [-0.05, 0) is 43.0 Å². The molecule has 13 heavy (non-hydrogen) atoms. The minimum absolute atomic E-state index is 0.0989. The van der Waals surface area contributed by atoms with Gasteiger partial charge in [-0.15, -0.1) is 11.3 Å². The summed E-state index contributed by atoms with van der Waals surface area (Å²) in [5.41, 5.74) is 0. The van der Waals surface area contributed by atoms with Crippen molar-refractivity contribution in [1.29, 1.82) is 0 Å². The molecule has 1 aliphatic carbocycles. The van der Waals surface area contributed by atoms with Gasteiger partial charge in [-0.2, -0.15) is 0 Å². The van der Waals surface area contributed by atoms with Gasteiger partial charge in [-0.25, -0.2) is 0 Å². The van der Waals surface area contributed by atoms with Crippen LogP contribution in [0, 0.1) is 5.92 Å². The van der Waals surface area contributed by atoms with Gasteiger partial charge >= 0.3 is 0 Å². The van der Waals surface area contributed by atoms with Gasteiger partial charge in [0, 0.05) is 4.88 Å². The third kappa shape index (κ3) is 2.46. The summed E-state index contributed by atoms with van der Waals surface area (Å²) < 4.78 is 0. The lowest BCUT2D eigenvalue weighted by Gasteiger charge is -2.07. The van der Waals surface area contributed by atoms with Crippen molar-refractivity contribution in [1.82, 2.24) is 0 Å². The van der Waals surface area contributed by atoms with Gasteiger partial charge in [0.05, 0.1) is 11.1 Å². The molecule has 2 rings (SSSR count). The Labute approximate surface area is 87.4 Å². The first kappa shape index (κ1) is 9.50. The quantitative estimate of drug-likeness (QED) is 0.820. The molecule has 1 fully saturated rings. The minimum atomic E-state index is -0.0989. The van der Waals surface area contributed by atoms with Gasteiger partial charge in [0.15, 0.2) is 0 Å². The maximum atomic E-state index is 9.64. The molecule has 3 heteroatoms. The molecule has 1 atom stereocenters. The van der Waals surface area contributed by atoms with E-state index in [1.54, 1.807) is 11.3 Å². The van der Waals surface area contributed by atoms with Gasteiger partial charge in [0.25, 0.3) is 0 Å². The molecule has 1 saturated carbocycles. The average Bonchev–Trinajstić information content (AvgIpc) is 2.88. The Morgan fingerprint density at radius 1 is 1.62 bits per heavy atom. The molecule has 0 spiro atoms. The summed E-state index contributed by atoms with van der Waals surface area (Å²) in [6, 6.07) is 1.92. The van der Waals surface area contributed by atoms with E-state index in [2.05, 4.69) is 0 Å². The van der Waals surface area contributed by atoms with Crippen LogP contribution in [-0.2, 0) is 6.42 Å². The van der Waals surface area contributed by atoms with Crippen LogP contribution in [0.25, 0.3) is 0 Å². The minimum Gasteiger partial charge on any atom is -0.393 e. The maximum Gasteiger partial charge on any atom is 0.0571 e. The van der Waals surface area contributed by atoms with Crippen LogP contribution in [0.4, 0.5) is 0 Å². The van der Waals surface area contributed by atoms with Crippen LogP contribution < -0.4 is 0 Å². The number of aliphatic hydroxyl groups excluding tert-OH is 1. The first-order valence-electron chi connectivity index (χ1n) is 4.67. The topological polar surface area (TPSA) is 20.2 Å². The number of thiophene rings is 1. The van der Waals surface area contributed by atoms with Crippen LogP contribution in [0.15, 0.2) is 11.4 Å². The molecule has 0 bridgehead atoms. The number of aliphatic hydroxyl groups is 1. The Balaban J connectivity index is 1.81. The monoisotopic (exact) mass is 216 g/mol. The lowest BCUT2D eigenvalue weighted by atomic mass is 10.1. The lowest BCUT2D eigenvalue weighted by Crippen LogP contribution is -2.09. The fourth-order valence-corrected chi connectivity index (χ4v) is 2.65. The molecule has 1 N–H and O–H groups in total. The molecule has 1 aromatic rings. The van der Waals surface area contributed by atoms with Gasteiger partial charge in [0.1, 0.15) is 0 Å². The molecule has 0 aliphatic heterocycles. The Morgan fingerprint density at radius 2 is 2.38 bits per heavy atom. The number of hydrogen-bond donors (Lipinski definition) is 1. The Hall–Kier alpha value is -0.0500. The number of rotatable bonds is 4. The summed E-state index contributed by atoms with van der Waals surface area (Å²) in [7, 11) is 0. The standard InChI is InChI=1S/C10H13ClOS/c11-8-5-6-13-10(8)4-3-9(12)7-1-2-7/h5-7,9,12H,1-4H2. The van der Waals surface area contributed by atoms with Crippen molar-refractivity contribution >= 4 is 22.9 Å². The summed E-state index contributed by atoms with van der Waals surface area (Å²) in [5.74, 6) is 0.582. The van der Waals surface area contributed by atoms with Crippen LogP contribution in [0.3, 0.4) is 0 Å². The molecule has 0 amide bonds. The van der Waals surface area contributed by atoms with Crippen LogP contribution in [0.5, 0.6) is 0 Å². The van der Waals surface area contributed by atoms with E-state index in [1.807, 2.05) is 11.4 Å². The van der Waals surface area contributed by atoms with E-state index in [0.29, 0.717) is 5.92 Å². The van der Waals surface area contributed by atoms with Crippen LogP contribution in [0.1, 0.15) is 24.1 Å². The fourth-order valence-electron chi connectivity index (χ4n) is 1.50. The zero-order valence-corrected chi connectivity index (χ0v) is 8.94. The molecule has 1 unspecified atom stereocenters. The van der Waals surface area contributed by atoms with Crippen molar-refractivity contribution in [3.8, 4) is 0 Å². The second kappa shape index (κ2) is 3.99. The van der Waals surface area contributed by atoms with E-state index in [0.717, 1.165) is 17.9 Å². The Kier molecular flexibility index (Phi) is 2.92. The molecule has 0 aromatic carbocycles. The summed E-state index contributed by atoms with van der Waals surface area (Å²) in [6.07, 6.45) is 4.11. The molecule has 72 valence electrons. The highest BCUT2D eigenvalue weighted by Gasteiger charge is 2.29. The van der Waals surface area contributed by atoms with Gasteiger partial charge in [0.2, 0.25) is 0 Å². The summed E-state index contributed by atoms with van der Waals surface area (Å²) in [6.45, 7) is 0. The molecule has 1 aromatic heterocycles. The molecule has 0 radical (unpaired) electrons. The van der Waals surface area contributed by atoms with Crippen molar-refractivity contribution in [2.24, 2.45) is 5.92 Å². The number of hydrogen-bond acceptors (Lipinski definition) is 2. The van der Waals surface area contributed by atoms with E-state index >= 15 is 0 Å². The van der Waals surface area contributed by atoms with E-state index in [9.17, 15) is 5.11 Å². The van der Waals surface area contributed by atoms with Crippen molar-refractivity contribution < 1.29 is 5.11 Å². The van der Waals surface area contributed by atoms with Crippen molar-refractivity contribution in [3.63, 3.8) is 0 Å². The van der Waals surface area contributed by atoms with E-state index in [-0.39, 0.29) is 6.10 Å². The third-order valence-electron chi connectivity index (χ3n) is 2.52. The normalized spacial score (nSPS) is 18.9. The van der Waals surface area contributed by atoms with Gasteiger partial charge in [-0.1, -0.05) is 11.6 Å². The highest BCUT2D eigenvalue weighted by Crippen LogP contribution is 2.35. The van der Waals surface area contributed by atoms with E-state index in [4.69, 9.17) is 11.6 Å². The summed E-state index contributed by atoms with van der Waals surface area (Å²) >= 11 is 7.63. The van der Waals surface area contributed by atoms with Crippen LogP contribution >= 0.6 is 22.9 Å². The molecule has 0 saturated heterocycles. The summed E-state index contributed by atoms with van der Waals surface area (Å²) in [5, 5.41) is 12.5. The zero-order valence-electron chi connectivity index (χ0n) is 7.37. The summed E-state index contributed by atoms with van der Waals surface area (Å²) in [4.78, 5) is 1.21. The predicted octanol–water partition coefficient (Wildman–Crippen LogP) is 3.11. The highest BCUT2D eigenvalue weighted by molar-refractivity contribution is 7.10. The van der Waals surface area contributed by atoms with Gasteiger partial charge in [-0.3, -0.25) is 0 Å². The van der Waals surface area contributed by atoms with E-state index in [1.165, 1.54) is 17.7 Å². The first-order chi connectivity index (χ1) is 6.27. The largest absolute Gasteiger partial charge is 0.393 e. The van der Waals surface area contributed by atoms with E-state index < -0.39 is 0 Å². The second-order valence-electron chi connectivity index (χ2n) is 3.64. The fraction of sp³-hybridized carbons (Fsp3) is 0.600. The third-order valence-corrected chi connectivity index (χ3v) is 3.97. The van der Waals surface area contributed by atoms with Crippen LogP contribution in [-0.4, -0.2) is 11.2 Å². The molecular weight excluding hydrogens is 204 g/mol. The van der Waals surface area contributed by atoms with Gasteiger partial charge < -0.3 is 5.11 Å². The highest BCUT2D eigenvalue weighted by atomic mass is 35.5. The van der Waals surface area contributed by atoms with Crippen molar-refractivity contribution in [3.05, 3.63) is 21.3 Å². The number of halogens is 1. The van der Waals surface area contributed by atoms with Crippen molar-refractivity contribution in [2.45, 2.75) is 31.8 Å². The van der Waals surface area contributed by atoms with Crippen LogP contribution in [0.2, 0.25) is 5.02 Å². The molecular formula is C10H13ClOS.